The van der Waals surface area contributed by atoms with Crippen LogP contribution in [0.15, 0.2) is 30.4 Å². The summed E-state index contributed by atoms with van der Waals surface area (Å²) in [6, 6.07) is 6.28. The number of hydrogen-bond donors (Lipinski definition) is 2. The van der Waals surface area contributed by atoms with Gasteiger partial charge in [-0.05, 0) is 61.8 Å². The molecule has 0 heterocycles. The highest BCUT2D eigenvalue weighted by atomic mass is 16.5. The van der Waals surface area contributed by atoms with Crippen LogP contribution in [0.1, 0.15) is 31.4 Å². The minimum Gasteiger partial charge on any atom is -0.493 e. The molecule has 4 atom stereocenters. The van der Waals surface area contributed by atoms with E-state index in [2.05, 4.69) is 30.5 Å². The van der Waals surface area contributed by atoms with E-state index in [0.717, 1.165) is 24.3 Å². The van der Waals surface area contributed by atoms with Gasteiger partial charge in [0, 0.05) is 6.04 Å². The first kappa shape index (κ1) is 16.3. The second-order valence-electron chi connectivity index (χ2n) is 6.65. The van der Waals surface area contributed by atoms with E-state index in [4.69, 9.17) is 14.6 Å². The van der Waals surface area contributed by atoms with E-state index in [1.165, 1.54) is 18.4 Å². The molecule has 2 N–H and O–H groups in total. The fourth-order valence-electron chi connectivity index (χ4n) is 3.80. The molecule has 4 unspecified atom stereocenters. The van der Waals surface area contributed by atoms with Crippen molar-refractivity contribution in [2.75, 3.05) is 26.9 Å². The SMILES string of the molecule is COc1cc(C(C)NCC2CC3C=CC2C3)ccc1OCCO. The summed E-state index contributed by atoms with van der Waals surface area (Å²) < 4.78 is 10.9. The molecule has 0 aliphatic heterocycles. The molecule has 3 rings (SSSR count). The van der Waals surface area contributed by atoms with Gasteiger partial charge in [-0.2, -0.15) is 0 Å². The molecule has 2 aliphatic rings. The molecule has 2 bridgehead atoms. The highest BCUT2D eigenvalue weighted by Gasteiger charge is 2.35. The van der Waals surface area contributed by atoms with Crippen molar-refractivity contribution in [3.63, 3.8) is 0 Å². The van der Waals surface area contributed by atoms with E-state index < -0.39 is 0 Å². The number of benzene rings is 1. The van der Waals surface area contributed by atoms with E-state index >= 15 is 0 Å². The molecule has 1 aromatic rings. The molecular formula is C19H27NO3. The molecule has 4 nitrogen and oxygen atoms in total. The fourth-order valence-corrected chi connectivity index (χ4v) is 3.80. The summed E-state index contributed by atoms with van der Waals surface area (Å²) in [4.78, 5) is 0. The Hall–Kier alpha value is -1.52. The minimum absolute atomic E-state index is 0.000853. The van der Waals surface area contributed by atoms with Crippen LogP contribution in [0.2, 0.25) is 0 Å². The second-order valence-corrected chi connectivity index (χ2v) is 6.65. The van der Waals surface area contributed by atoms with E-state index in [0.29, 0.717) is 11.5 Å². The Kier molecular flexibility index (Phi) is 5.23. The highest BCUT2D eigenvalue weighted by molar-refractivity contribution is 5.43. The van der Waals surface area contributed by atoms with Gasteiger partial charge < -0.3 is 19.9 Å². The lowest BCUT2D eigenvalue weighted by Crippen LogP contribution is -2.27. The van der Waals surface area contributed by atoms with Crippen molar-refractivity contribution < 1.29 is 14.6 Å². The summed E-state index contributed by atoms with van der Waals surface area (Å²) in [6.45, 7) is 3.53. The average Bonchev–Trinajstić information content (AvgIpc) is 3.20. The maximum absolute atomic E-state index is 8.87. The van der Waals surface area contributed by atoms with Crippen molar-refractivity contribution >= 4 is 0 Å². The molecule has 23 heavy (non-hydrogen) atoms. The monoisotopic (exact) mass is 317 g/mol. The number of ether oxygens (including phenoxy) is 2. The Morgan fingerprint density at radius 1 is 1.26 bits per heavy atom. The average molecular weight is 317 g/mol. The van der Waals surface area contributed by atoms with Crippen LogP contribution in [0.3, 0.4) is 0 Å². The first-order valence-electron chi connectivity index (χ1n) is 8.54. The number of fused-ring (bicyclic) bond motifs is 2. The minimum atomic E-state index is 0.000853. The maximum atomic E-state index is 8.87. The third-order valence-corrected chi connectivity index (χ3v) is 5.14. The Labute approximate surface area is 138 Å². The Morgan fingerprint density at radius 3 is 2.78 bits per heavy atom. The molecule has 0 spiro atoms. The van der Waals surface area contributed by atoms with Crippen LogP contribution in [0.25, 0.3) is 0 Å². The van der Waals surface area contributed by atoms with E-state index in [1.807, 2.05) is 12.1 Å². The molecule has 126 valence electrons. The summed E-state index contributed by atoms with van der Waals surface area (Å²) in [6.07, 6.45) is 7.48. The van der Waals surface area contributed by atoms with Crippen LogP contribution in [-0.2, 0) is 0 Å². The van der Waals surface area contributed by atoms with Gasteiger partial charge in [-0.1, -0.05) is 18.2 Å². The smallest absolute Gasteiger partial charge is 0.161 e. The summed E-state index contributed by atoms with van der Waals surface area (Å²) in [5.74, 6) is 3.78. The van der Waals surface area contributed by atoms with Crippen LogP contribution in [-0.4, -0.2) is 32.0 Å². The van der Waals surface area contributed by atoms with Gasteiger partial charge in [-0.3, -0.25) is 0 Å². The lowest BCUT2D eigenvalue weighted by molar-refractivity contribution is 0.196. The van der Waals surface area contributed by atoms with Crippen LogP contribution in [0, 0.1) is 17.8 Å². The van der Waals surface area contributed by atoms with Crippen LogP contribution < -0.4 is 14.8 Å². The molecule has 0 saturated heterocycles. The Morgan fingerprint density at radius 2 is 2.13 bits per heavy atom. The largest absolute Gasteiger partial charge is 0.493 e. The van der Waals surface area contributed by atoms with Gasteiger partial charge in [-0.15, -0.1) is 0 Å². The summed E-state index contributed by atoms with van der Waals surface area (Å²) in [7, 11) is 1.64. The Bertz CT molecular complexity index is 558. The summed E-state index contributed by atoms with van der Waals surface area (Å²) in [5.41, 5.74) is 1.19. The van der Waals surface area contributed by atoms with Crippen molar-refractivity contribution in [2.45, 2.75) is 25.8 Å². The van der Waals surface area contributed by atoms with Crippen molar-refractivity contribution in [2.24, 2.45) is 17.8 Å². The zero-order valence-electron chi connectivity index (χ0n) is 14.0. The molecule has 4 heteroatoms. The van der Waals surface area contributed by atoms with Gasteiger partial charge in [0.1, 0.15) is 6.61 Å². The number of rotatable bonds is 8. The predicted octanol–water partition coefficient (Wildman–Crippen LogP) is 2.93. The van der Waals surface area contributed by atoms with Crippen molar-refractivity contribution in [1.29, 1.82) is 0 Å². The molecule has 2 aliphatic carbocycles. The molecular weight excluding hydrogens is 290 g/mol. The Balaban J connectivity index is 1.58. The molecule has 0 radical (unpaired) electrons. The molecule has 0 amide bonds. The van der Waals surface area contributed by atoms with Gasteiger partial charge >= 0.3 is 0 Å². The zero-order valence-corrected chi connectivity index (χ0v) is 14.0. The van der Waals surface area contributed by atoms with Gasteiger partial charge in [0.05, 0.1) is 13.7 Å². The predicted molar refractivity (Wildman–Crippen MR) is 90.8 cm³/mol. The molecule has 1 saturated carbocycles. The van der Waals surface area contributed by atoms with E-state index in [1.54, 1.807) is 7.11 Å². The van der Waals surface area contributed by atoms with Gasteiger partial charge in [0.15, 0.2) is 11.5 Å². The van der Waals surface area contributed by atoms with E-state index in [-0.39, 0.29) is 19.3 Å². The molecule has 1 fully saturated rings. The highest BCUT2D eigenvalue weighted by Crippen LogP contribution is 2.43. The van der Waals surface area contributed by atoms with Gasteiger partial charge in [0.25, 0.3) is 0 Å². The summed E-state index contributed by atoms with van der Waals surface area (Å²) in [5, 5.41) is 12.5. The van der Waals surface area contributed by atoms with Crippen LogP contribution in [0.5, 0.6) is 11.5 Å². The van der Waals surface area contributed by atoms with Gasteiger partial charge in [-0.25, -0.2) is 0 Å². The third-order valence-electron chi connectivity index (χ3n) is 5.14. The lowest BCUT2D eigenvalue weighted by Gasteiger charge is -2.22. The number of aliphatic hydroxyl groups excluding tert-OH is 1. The standard InChI is InChI=1S/C19H27NO3/c1-13(20-12-17-10-14-3-4-16(17)9-14)15-5-6-18(23-8-7-21)19(11-15)22-2/h3-6,11,13-14,16-17,20-21H,7-10,12H2,1-2H3. The third kappa shape index (κ3) is 3.70. The van der Waals surface area contributed by atoms with Gasteiger partial charge in [0.2, 0.25) is 0 Å². The number of hydrogen-bond acceptors (Lipinski definition) is 4. The first-order valence-corrected chi connectivity index (χ1v) is 8.54. The number of aliphatic hydroxyl groups is 1. The first-order chi connectivity index (χ1) is 11.2. The van der Waals surface area contributed by atoms with Crippen molar-refractivity contribution in [3.8, 4) is 11.5 Å². The molecule has 1 aromatic carbocycles. The van der Waals surface area contributed by atoms with Crippen molar-refractivity contribution in [3.05, 3.63) is 35.9 Å². The number of allylic oxidation sites excluding steroid dienone is 2. The lowest BCUT2D eigenvalue weighted by atomic mass is 9.93. The summed E-state index contributed by atoms with van der Waals surface area (Å²) >= 11 is 0. The second kappa shape index (κ2) is 7.37. The zero-order chi connectivity index (χ0) is 16.2. The van der Waals surface area contributed by atoms with Crippen LogP contribution in [0.4, 0.5) is 0 Å². The molecule has 0 aromatic heterocycles. The quantitative estimate of drug-likeness (QED) is 0.724. The number of methoxy groups -OCH3 is 1. The number of nitrogens with one attached hydrogen (secondary N) is 1. The van der Waals surface area contributed by atoms with E-state index in [9.17, 15) is 0 Å². The van der Waals surface area contributed by atoms with Crippen LogP contribution >= 0.6 is 0 Å². The van der Waals surface area contributed by atoms with Crippen molar-refractivity contribution in [1.82, 2.24) is 5.32 Å². The topological polar surface area (TPSA) is 50.7 Å². The maximum Gasteiger partial charge on any atom is 0.161 e. The fraction of sp³-hybridized carbons (Fsp3) is 0.579. The normalized spacial score (nSPS) is 26.5.